The molecule has 0 aliphatic rings. The summed E-state index contributed by atoms with van der Waals surface area (Å²) in [5, 5.41) is 4.07. The monoisotopic (exact) mass is 386 g/mol. The van der Waals surface area contributed by atoms with E-state index in [1.165, 1.54) is 12.4 Å². The molecule has 132 valence electrons. The lowest BCUT2D eigenvalue weighted by Gasteiger charge is -2.15. The Kier molecular flexibility index (Phi) is 4.23. The van der Waals surface area contributed by atoms with Gasteiger partial charge >= 0.3 is 0 Å². The van der Waals surface area contributed by atoms with Crippen LogP contribution in [-0.2, 0) is 10.0 Å². The number of sulfonamides is 1. The number of benzene rings is 2. The van der Waals surface area contributed by atoms with Crippen molar-refractivity contribution in [2.75, 3.05) is 0 Å². The van der Waals surface area contributed by atoms with Crippen molar-refractivity contribution in [1.82, 2.24) is 28.2 Å². The highest BCUT2D eigenvalue weighted by molar-refractivity contribution is 7.89. The fourth-order valence-electron chi connectivity index (χ4n) is 2.62. The summed E-state index contributed by atoms with van der Waals surface area (Å²) in [5.74, 6) is 0. The zero-order chi connectivity index (χ0) is 18.1. The second-order valence-corrected chi connectivity index (χ2v) is 7.87. The average molecular weight is 386 g/mol. The summed E-state index contributed by atoms with van der Waals surface area (Å²) in [6.07, 6.45) is 3.06. The summed E-state index contributed by atoms with van der Waals surface area (Å²) in [5.41, 5.74) is 2.64. The molecule has 2 aromatic carbocycles. The van der Waals surface area contributed by atoms with E-state index in [0.717, 1.165) is 23.0 Å². The molecule has 0 aliphatic heterocycles. The summed E-state index contributed by atoms with van der Waals surface area (Å²) in [6, 6.07) is 12.0. The fourth-order valence-corrected chi connectivity index (χ4v) is 4.62. The maximum absolute atomic E-state index is 12.8. The van der Waals surface area contributed by atoms with E-state index in [4.69, 9.17) is 0 Å². The highest BCUT2D eigenvalue weighted by Gasteiger charge is 2.22. The molecular weight excluding hydrogens is 372 g/mol. The average Bonchev–Trinajstić information content (AvgIpc) is 3.32. The number of rotatable bonds is 5. The van der Waals surface area contributed by atoms with Crippen molar-refractivity contribution in [1.29, 1.82) is 0 Å². The van der Waals surface area contributed by atoms with Crippen LogP contribution in [0.25, 0.3) is 16.7 Å². The van der Waals surface area contributed by atoms with E-state index < -0.39 is 16.1 Å². The van der Waals surface area contributed by atoms with Gasteiger partial charge in [-0.1, -0.05) is 18.2 Å². The molecule has 2 heterocycles. The third kappa shape index (κ3) is 3.09. The lowest BCUT2D eigenvalue weighted by molar-refractivity contribution is 0.567. The van der Waals surface area contributed by atoms with Crippen LogP contribution >= 0.6 is 11.7 Å². The maximum Gasteiger partial charge on any atom is 0.243 e. The van der Waals surface area contributed by atoms with Crippen molar-refractivity contribution < 1.29 is 8.42 Å². The van der Waals surface area contributed by atoms with Crippen LogP contribution in [0, 0.1) is 0 Å². The topological polar surface area (TPSA) is 103 Å². The molecule has 0 saturated heterocycles. The molecule has 0 fully saturated rings. The van der Waals surface area contributed by atoms with Crippen LogP contribution in [0.3, 0.4) is 0 Å². The number of nitrogens with zero attached hydrogens (tertiary/aromatic N) is 5. The van der Waals surface area contributed by atoms with Crippen LogP contribution in [0.15, 0.2) is 60.0 Å². The summed E-state index contributed by atoms with van der Waals surface area (Å²) < 4.78 is 38.1. The van der Waals surface area contributed by atoms with Crippen molar-refractivity contribution in [2.45, 2.75) is 17.9 Å². The minimum absolute atomic E-state index is 0.134. The third-order valence-corrected chi connectivity index (χ3v) is 6.06. The van der Waals surface area contributed by atoms with Gasteiger partial charge in [-0.05, 0) is 36.8 Å². The molecule has 0 amide bonds. The maximum atomic E-state index is 12.8. The van der Waals surface area contributed by atoms with Crippen LogP contribution in [0.2, 0.25) is 0 Å². The third-order valence-electron chi connectivity index (χ3n) is 3.95. The molecule has 26 heavy (non-hydrogen) atoms. The van der Waals surface area contributed by atoms with Gasteiger partial charge in [0.05, 0.1) is 17.4 Å². The van der Waals surface area contributed by atoms with E-state index in [9.17, 15) is 8.42 Å². The first-order chi connectivity index (χ1) is 12.5. The Morgan fingerprint density at radius 2 is 1.92 bits per heavy atom. The Hall–Kier alpha value is -2.69. The Balaban J connectivity index is 1.59. The zero-order valence-corrected chi connectivity index (χ0v) is 15.3. The molecule has 1 atom stereocenters. The molecule has 0 aliphatic carbocycles. The van der Waals surface area contributed by atoms with Gasteiger partial charge in [-0.15, -0.1) is 0 Å². The van der Waals surface area contributed by atoms with Gasteiger partial charge in [-0.3, -0.25) is 0 Å². The first-order valence-electron chi connectivity index (χ1n) is 7.73. The summed E-state index contributed by atoms with van der Waals surface area (Å²) in [6.45, 7) is 1.79. The second-order valence-electron chi connectivity index (χ2n) is 5.66. The van der Waals surface area contributed by atoms with Gasteiger partial charge in [-0.2, -0.15) is 13.8 Å². The predicted molar refractivity (Wildman–Crippen MR) is 97.5 cm³/mol. The molecule has 2 aromatic heterocycles. The first kappa shape index (κ1) is 16.8. The molecule has 4 aromatic rings. The standard InChI is InChI=1S/C16H14N6O2S2/c1-11(12-5-7-13(8-6-12)22-10-17-9-18-22)21-26(23,24)15-4-2-3-14-16(15)20-25-19-14/h2-11,21H,1H3. The van der Waals surface area contributed by atoms with Crippen molar-refractivity contribution in [3.05, 3.63) is 60.7 Å². The van der Waals surface area contributed by atoms with Crippen LogP contribution in [0.5, 0.6) is 0 Å². The van der Waals surface area contributed by atoms with Crippen LogP contribution < -0.4 is 4.72 Å². The minimum Gasteiger partial charge on any atom is -0.223 e. The van der Waals surface area contributed by atoms with E-state index in [1.807, 2.05) is 24.3 Å². The summed E-state index contributed by atoms with van der Waals surface area (Å²) in [7, 11) is -3.73. The van der Waals surface area contributed by atoms with Crippen LogP contribution in [-0.4, -0.2) is 31.9 Å². The molecule has 10 heteroatoms. The highest BCUT2D eigenvalue weighted by atomic mass is 32.2. The first-order valence-corrected chi connectivity index (χ1v) is 9.94. The Bertz CT molecular complexity index is 1140. The van der Waals surface area contributed by atoms with E-state index in [-0.39, 0.29) is 4.90 Å². The van der Waals surface area contributed by atoms with Crippen LogP contribution in [0.4, 0.5) is 0 Å². The quantitative estimate of drug-likeness (QED) is 0.565. The van der Waals surface area contributed by atoms with Crippen molar-refractivity contribution in [3.8, 4) is 5.69 Å². The van der Waals surface area contributed by atoms with Crippen molar-refractivity contribution in [2.24, 2.45) is 0 Å². The van der Waals surface area contributed by atoms with E-state index in [2.05, 4.69) is 23.6 Å². The zero-order valence-electron chi connectivity index (χ0n) is 13.6. The van der Waals surface area contributed by atoms with Gasteiger partial charge in [0.15, 0.2) is 0 Å². The molecule has 8 nitrogen and oxygen atoms in total. The van der Waals surface area contributed by atoms with Crippen LogP contribution in [0.1, 0.15) is 18.5 Å². The summed E-state index contributed by atoms with van der Waals surface area (Å²) >= 11 is 0.993. The van der Waals surface area contributed by atoms with Crippen molar-refractivity contribution >= 4 is 32.8 Å². The van der Waals surface area contributed by atoms with E-state index in [1.54, 1.807) is 30.1 Å². The SMILES string of the molecule is CC(NS(=O)(=O)c1cccc2nsnc12)c1ccc(-n2cncn2)cc1. The van der Waals surface area contributed by atoms with E-state index >= 15 is 0 Å². The second kappa shape index (κ2) is 6.56. The molecule has 4 rings (SSSR count). The van der Waals surface area contributed by atoms with Crippen molar-refractivity contribution in [3.63, 3.8) is 0 Å². The highest BCUT2D eigenvalue weighted by Crippen LogP contribution is 2.23. The fraction of sp³-hybridized carbons (Fsp3) is 0.125. The molecule has 0 radical (unpaired) electrons. The minimum atomic E-state index is -3.73. The lowest BCUT2D eigenvalue weighted by atomic mass is 10.1. The number of aromatic nitrogens is 5. The predicted octanol–water partition coefficient (Wildman–Crippen LogP) is 2.31. The number of fused-ring (bicyclic) bond motifs is 1. The molecule has 0 bridgehead atoms. The van der Waals surface area contributed by atoms with Gasteiger partial charge in [0.1, 0.15) is 28.6 Å². The van der Waals surface area contributed by atoms with Gasteiger partial charge < -0.3 is 0 Å². The Labute approximate surface area is 153 Å². The molecule has 1 unspecified atom stereocenters. The van der Waals surface area contributed by atoms with E-state index in [0.29, 0.717) is 11.0 Å². The van der Waals surface area contributed by atoms with Gasteiger partial charge in [0, 0.05) is 6.04 Å². The molecular formula is C16H14N6O2S2. The number of nitrogens with one attached hydrogen (secondary N) is 1. The van der Waals surface area contributed by atoms with Gasteiger partial charge in [0.25, 0.3) is 0 Å². The largest absolute Gasteiger partial charge is 0.243 e. The molecule has 0 spiro atoms. The smallest absolute Gasteiger partial charge is 0.223 e. The normalized spacial score (nSPS) is 13.1. The van der Waals surface area contributed by atoms with Gasteiger partial charge in [0.2, 0.25) is 10.0 Å². The molecule has 0 saturated carbocycles. The Morgan fingerprint density at radius 3 is 2.65 bits per heavy atom. The lowest BCUT2D eigenvalue weighted by Crippen LogP contribution is -2.27. The van der Waals surface area contributed by atoms with Gasteiger partial charge in [-0.25, -0.2) is 22.8 Å². The summed E-state index contributed by atoms with van der Waals surface area (Å²) in [4.78, 5) is 4.04. The Morgan fingerprint density at radius 1 is 1.12 bits per heavy atom. The number of hydrogen-bond acceptors (Lipinski definition) is 7. The number of hydrogen-bond donors (Lipinski definition) is 1. The molecule has 1 N–H and O–H groups in total.